The molecule has 0 bridgehead atoms. The maximum atomic E-state index is 14.2. The Morgan fingerprint density at radius 3 is 1.85 bits per heavy atom. The van der Waals surface area contributed by atoms with Gasteiger partial charge in [-0.2, -0.15) is 9.49 Å². The van der Waals surface area contributed by atoms with Gasteiger partial charge in [0.05, 0.1) is 11.9 Å². The lowest BCUT2D eigenvalue weighted by atomic mass is 9.76. The molecule has 0 aliphatic rings. The molecule has 0 atom stereocenters. The maximum absolute atomic E-state index is 14.2. The molecular weight excluding hydrogens is 509 g/mol. The largest absolute Gasteiger partial charge is 0.367 e. The Bertz CT molecular complexity index is 1700. The lowest BCUT2D eigenvalue weighted by molar-refractivity contribution is 0.583. The summed E-state index contributed by atoms with van der Waals surface area (Å²) in [4.78, 5) is 3.69. The molecular formula is C35H28FN5. The quantitative estimate of drug-likeness (QED) is 0.120. The zero-order chi connectivity index (χ0) is 28.2. The Hall–Kier alpha value is -5.36. The van der Waals surface area contributed by atoms with Crippen molar-refractivity contribution < 1.29 is 4.39 Å². The molecule has 200 valence electrons. The minimum atomic E-state index is -0.794. The van der Waals surface area contributed by atoms with Gasteiger partial charge in [0.1, 0.15) is 5.54 Å². The van der Waals surface area contributed by atoms with Crippen LogP contribution < -0.4 is 5.32 Å². The van der Waals surface area contributed by atoms with E-state index in [0.717, 1.165) is 33.5 Å². The zero-order valence-corrected chi connectivity index (χ0v) is 22.5. The van der Waals surface area contributed by atoms with Gasteiger partial charge in [0.2, 0.25) is 5.95 Å². The molecule has 5 nitrogen and oxygen atoms in total. The summed E-state index contributed by atoms with van der Waals surface area (Å²) in [5, 5.41) is 17.5. The highest BCUT2D eigenvalue weighted by Gasteiger charge is 2.37. The second-order valence-electron chi connectivity index (χ2n) is 9.88. The van der Waals surface area contributed by atoms with Crippen LogP contribution in [0.15, 0.2) is 140 Å². The van der Waals surface area contributed by atoms with Crippen molar-refractivity contribution in [2.24, 2.45) is 7.05 Å². The second-order valence-corrected chi connectivity index (χ2v) is 9.88. The number of halogens is 1. The van der Waals surface area contributed by atoms with E-state index in [0.29, 0.717) is 11.1 Å². The van der Waals surface area contributed by atoms with Crippen molar-refractivity contribution in [3.05, 3.63) is 174 Å². The van der Waals surface area contributed by atoms with Crippen molar-refractivity contribution in [2.45, 2.75) is 5.54 Å². The first-order chi connectivity index (χ1) is 20.0. The normalized spacial score (nSPS) is 11.3. The predicted octanol–water partition coefficient (Wildman–Crippen LogP) is 7.44. The Labute approximate surface area is 238 Å². The average Bonchev–Trinajstić information content (AvgIpc) is 3.47. The van der Waals surface area contributed by atoms with Gasteiger partial charge in [-0.05, 0) is 40.5 Å². The smallest absolute Gasteiger partial charge is 0.213 e. The molecule has 0 radical (unpaired) electrons. The van der Waals surface area contributed by atoms with Gasteiger partial charge in [-0.1, -0.05) is 97.1 Å². The van der Waals surface area contributed by atoms with Crippen LogP contribution in [-0.2, 0) is 12.6 Å². The molecule has 6 heteroatoms. The van der Waals surface area contributed by atoms with Gasteiger partial charge in [0, 0.05) is 47.9 Å². The summed E-state index contributed by atoms with van der Waals surface area (Å²) < 4.78 is 15.9. The van der Waals surface area contributed by atoms with E-state index in [1.54, 1.807) is 16.9 Å². The van der Waals surface area contributed by atoms with Crippen LogP contribution in [0.25, 0.3) is 11.1 Å². The summed E-state index contributed by atoms with van der Waals surface area (Å²) in [6.45, 7) is 0. The highest BCUT2D eigenvalue weighted by Crippen LogP contribution is 2.41. The summed E-state index contributed by atoms with van der Waals surface area (Å²) in [5.74, 6) is -0.627. The molecule has 6 rings (SSSR count). The molecule has 0 fully saturated rings. The van der Waals surface area contributed by atoms with Crippen molar-refractivity contribution in [1.82, 2.24) is 14.8 Å². The first-order valence-electron chi connectivity index (χ1n) is 13.3. The fraction of sp³-hybridized carbons (Fsp3) is 0.0571. The van der Waals surface area contributed by atoms with E-state index in [4.69, 9.17) is 0 Å². The van der Waals surface area contributed by atoms with E-state index in [1.165, 1.54) is 12.3 Å². The standard InChI is InChI=1S/C35H28FN5/c1-41-24-27(23-39-41)25-17-18-32(31(21-25)34(37)26-19-20-38-33(36)22-26)40-35(28-11-5-2-6-12-28,29-13-7-3-8-14-29)30-15-9-4-10-16-30/h2-24,37,40H,1H3. The number of nitrogens with zero attached hydrogens (tertiary/aromatic N) is 3. The van der Waals surface area contributed by atoms with E-state index in [1.807, 2.05) is 86.0 Å². The predicted molar refractivity (Wildman–Crippen MR) is 162 cm³/mol. The van der Waals surface area contributed by atoms with Gasteiger partial charge in [0.25, 0.3) is 0 Å². The van der Waals surface area contributed by atoms with Crippen molar-refractivity contribution in [2.75, 3.05) is 5.32 Å². The van der Waals surface area contributed by atoms with Crippen LogP contribution in [0, 0.1) is 11.4 Å². The third kappa shape index (κ3) is 5.03. The van der Waals surface area contributed by atoms with Gasteiger partial charge in [0.15, 0.2) is 0 Å². The number of hydrogen-bond acceptors (Lipinski definition) is 4. The van der Waals surface area contributed by atoms with E-state index in [-0.39, 0.29) is 5.71 Å². The molecule has 2 heterocycles. The van der Waals surface area contributed by atoms with Crippen LogP contribution >= 0.6 is 0 Å². The topological polar surface area (TPSA) is 66.6 Å². The highest BCUT2D eigenvalue weighted by atomic mass is 19.1. The van der Waals surface area contributed by atoms with Crippen LogP contribution in [0.2, 0.25) is 0 Å². The Morgan fingerprint density at radius 1 is 0.756 bits per heavy atom. The number of pyridine rings is 1. The van der Waals surface area contributed by atoms with E-state index < -0.39 is 11.5 Å². The number of hydrogen-bond donors (Lipinski definition) is 2. The maximum Gasteiger partial charge on any atom is 0.213 e. The molecule has 6 aromatic rings. The molecule has 4 aromatic carbocycles. The van der Waals surface area contributed by atoms with Crippen molar-refractivity contribution in [3.8, 4) is 11.1 Å². The Balaban J connectivity index is 1.60. The highest BCUT2D eigenvalue weighted by molar-refractivity contribution is 6.14. The summed E-state index contributed by atoms with van der Waals surface area (Å²) in [6.07, 6.45) is 5.12. The Morgan fingerprint density at radius 2 is 1.34 bits per heavy atom. The fourth-order valence-corrected chi connectivity index (χ4v) is 5.31. The Kier molecular flexibility index (Phi) is 6.96. The van der Waals surface area contributed by atoms with E-state index >= 15 is 0 Å². The molecule has 0 saturated heterocycles. The lowest BCUT2D eigenvalue weighted by Crippen LogP contribution is -2.38. The number of aryl methyl sites for hydroxylation is 1. The summed E-state index contributed by atoms with van der Waals surface area (Å²) in [7, 11) is 1.87. The number of benzene rings is 4. The van der Waals surface area contributed by atoms with Crippen molar-refractivity contribution in [1.29, 1.82) is 5.41 Å². The van der Waals surface area contributed by atoms with E-state index in [9.17, 15) is 9.80 Å². The van der Waals surface area contributed by atoms with Crippen LogP contribution in [0.4, 0.5) is 10.1 Å². The summed E-state index contributed by atoms with van der Waals surface area (Å²) in [5.41, 5.74) is 6.15. The molecule has 0 saturated carbocycles. The molecule has 0 spiro atoms. The number of nitrogens with one attached hydrogen (secondary N) is 2. The molecule has 0 unspecified atom stereocenters. The van der Waals surface area contributed by atoms with Gasteiger partial charge in [-0.25, -0.2) is 4.98 Å². The van der Waals surface area contributed by atoms with Gasteiger partial charge in [-0.15, -0.1) is 0 Å². The molecule has 41 heavy (non-hydrogen) atoms. The lowest BCUT2D eigenvalue weighted by Gasteiger charge is -2.38. The minimum absolute atomic E-state index is 0.183. The summed E-state index contributed by atoms with van der Waals surface area (Å²) >= 11 is 0. The van der Waals surface area contributed by atoms with E-state index in [2.05, 4.69) is 51.8 Å². The van der Waals surface area contributed by atoms with Gasteiger partial charge in [-0.3, -0.25) is 10.1 Å². The molecule has 2 N–H and O–H groups in total. The van der Waals surface area contributed by atoms with Crippen molar-refractivity contribution in [3.63, 3.8) is 0 Å². The zero-order valence-electron chi connectivity index (χ0n) is 22.5. The molecule has 2 aromatic heterocycles. The molecule has 0 aliphatic heterocycles. The number of aromatic nitrogens is 3. The third-order valence-electron chi connectivity index (χ3n) is 7.28. The summed E-state index contributed by atoms with van der Waals surface area (Å²) in [6, 6.07) is 39.8. The fourth-order valence-electron chi connectivity index (χ4n) is 5.31. The third-order valence-corrected chi connectivity index (χ3v) is 7.28. The van der Waals surface area contributed by atoms with Crippen molar-refractivity contribution >= 4 is 11.4 Å². The SMILES string of the molecule is Cn1cc(-c2ccc(NC(c3ccccc3)(c3ccccc3)c3ccccc3)c(C(=N)c3ccnc(F)c3)c2)cn1. The number of rotatable bonds is 8. The van der Waals surface area contributed by atoms with Crippen LogP contribution in [0.1, 0.15) is 27.8 Å². The van der Waals surface area contributed by atoms with Crippen LogP contribution in [0.5, 0.6) is 0 Å². The first-order valence-corrected chi connectivity index (χ1v) is 13.3. The second kappa shape index (κ2) is 11.0. The molecule has 0 aliphatic carbocycles. The monoisotopic (exact) mass is 537 g/mol. The van der Waals surface area contributed by atoms with Gasteiger partial charge >= 0.3 is 0 Å². The minimum Gasteiger partial charge on any atom is -0.367 e. The van der Waals surface area contributed by atoms with Gasteiger partial charge < -0.3 is 5.32 Å². The first kappa shape index (κ1) is 25.9. The average molecular weight is 538 g/mol. The van der Waals surface area contributed by atoms with Crippen LogP contribution in [-0.4, -0.2) is 20.5 Å². The number of anilines is 1. The molecule has 0 amide bonds. The van der Waals surface area contributed by atoms with Crippen LogP contribution in [0.3, 0.4) is 0 Å².